The van der Waals surface area contributed by atoms with Crippen molar-refractivity contribution in [3.8, 4) is 17.2 Å². The predicted molar refractivity (Wildman–Crippen MR) is 157 cm³/mol. The molecule has 6 rings (SSSR count). The number of alkyl halides is 3. The highest BCUT2D eigenvalue weighted by molar-refractivity contribution is 6.33. The van der Waals surface area contributed by atoms with Crippen molar-refractivity contribution in [2.75, 3.05) is 26.3 Å². The highest BCUT2D eigenvalue weighted by Gasteiger charge is 2.58. The van der Waals surface area contributed by atoms with Gasteiger partial charge in [0, 0.05) is 47.4 Å². The van der Waals surface area contributed by atoms with Gasteiger partial charge in [0.2, 0.25) is 0 Å². The number of nitrogens with zero attached hydrogens (tertiary/aromatic N) is 3. The Hall–Kier alpha value is -4.65. The zero-order chi connectivity index (χ0) is 33.4. The first kappa shape index (κ1) is 31.3. The number of carbonyl (C=O) groups is 4. The van der Waals surface area contributed by atoms with E-state index in [1.807, 2.05) is 0 Å². The highest BCUT2D eigenvalue weighted by atomic mass is 35.5. The number of aromatic hydroxyl groups is 1. The quantitative estimate of drug-likeness (QED) is 0.270. The van der Waals surface area contributed by atoms with E-state index in [1.54, 1.807) is 6.08 Å². The molecule has 46 heavy (non-hydrogen) atoms. The Bertz CT molecular complexity index is 1830. The molecule has 10 nitrogen and oxygen atoms in total. The summed E-state index contributed by atoms with van der Waals surface area (Å²) in [7, 11) is 3.99. The number of halogens is 4. The van der Waals surface area contributed by atoms with Gasteiger partial charge in [0.15, 0.2) is 17.4 Å². The second kappa shape index (κ2) is 11.0. The minimum absolute atomic E-state index is 0.0461. The van der Waals surface area contributed by atoms with E-state index in [0.29, 0.717) is 11.6 Å². The van der Waals surface area contributed by atoms with Gasteiger partial charge in [-0.3, -0.25) is 24.2 Å². The minimum Gasteiger partial charge on any atom is -0.507 e. The molecule has 4 atom stereocenters. The number of pyridine rings is 1. The second-order valence-electron chi connectivity index (χ2n) is 11.5. The third-order valence-corrected chi connectivity index (χ3v) is 9.40. The first-order chi connectivity index (χ1) is 21.7. The van der Waals surface area contributed by atoms with Crippen LogP contribution in [0.15, 0.2) is 58.7 Å². The van der Waals surface area contributed by atoms with Gasteiger partial charge in [-0.05, 0) is 43.9 Å². The van der Waals surface area contributed by atoms with Gasteiger partial charge in [-0.15, -0.1) is 0 Å². The lowest BCUT2D eigenvalue weighted by Gasteiger charge is -2.42. The summed E-state index contributed by atoms with van der Waals surface area (Å²) < 4.78 is 51.3. The number of ketones is 2. The SMILES string of the molecule is COc1cc(O)c(C2C3=CCC4C(=O)N(N(C)c5nc(C(F)(F)F)ccc5Cl)C(=O)C4C3CC3=C2C(=O)C(C)=CC3=O)c(OC)c1. The molecule has 1 aliphatic heterocycles. The van der Waals surface area contributed by atoms with Crippen LogP contribution in [0.2, 0.25) is 5.02 Å². The number of hydrogen-bond acceptors (Lipinski definition) is 9. The van der Waals surface area contributed by atoms with Crippen molar-refractivity contribution in [1.29, 1.82) is 0 Å². The molecular weight excluding hydrogens is 631 g/mol. The lowest BCUT2D eigenvalue weighted by molar-refractivity contribution is -0.141. The molecule has 4 unspecified atom stereocenters. The van der Waals surface area contributed by atoms with Crippen LogP contribution in [0.1, 0.15) is 36.9 Å². The van der Waals surface area contributed by atoms with Gasteiger partial charge in [0.25, 0.3) is 11.8 Å². The lowest BCUT2D eigenvalue weighted by Crippen LogP contribution is -2.46. The fourth-order valence-corrected chi connectivity index (χ4v) is 7.27. The van der Waals surface area contributed by atoms with Crippen LogP contribution in [-0.4, -0.2) is 59.7 Å². The normalized spacial score (nSPS) is 24.3. The topological polar surface area (TPSA) is 126 Å². The number of anilines is 1. The number of hydrazine groups is 1. The van der Waals surface area contributed by atoms with Crippen molar-refractivity contribution in [2.24, 2.45) is 17.8 Å². The van der Waals surface area contributed by atoms with Crippen molar-refractivity contribution in [3.05, 3.63) is 75.0 Å². The molecule has 1 saturated heterocycles. The Kier molecular flexibility index (Phi) is 7.50. The van der Waals surface area contributed by atoms with Crippen molar-refractivity contribution >= 4 is 40.8 Å². The second-order valence-corrected chi connectivity index (χ2v) is 11.9. The molecule has 1 aromatic carbocycles. The molecule has 3 aliphatic carbocycles. The molecule has 0 spiro atoms. The maximum absolute atomic E-state index is 14.2. The third-order valence-electron chi connectivity index (χ3n) is 9.10. The Morgan fingerprint density at radius 1 is 1.07 bits per heavy atom. The molecular formula is C32H27ClF3N3O7. The first-order valence-electron chi connectivity index (χ1n) is 14.2. The van der Waals surface area contributed by atoms with Gasteiger partial charge in [-0.2, -0.15) is 18.2 Å². The number of ether oxygens (including phenoxy) is 2. The summed E-state index contributed by atoms with van der Waals surface area (Å²) in [4.78, 5) is 58.6. The van der Waals surface area contributed by atoms with Crippen molar-refractivity contribution in [2.45, 2.75) is 31.9 Å². The fourth-order valence-electron chi connectivity index (χ4n) is 7.05. The number of phenolic OH excluding ortho intramolecular Hbond substituents is 1. The van der Waals surface area contributed by atoms with E-state index in [1.165, 1.54) is 46.4 Å². The van der Waals surface area contributed by atoms with Crippen LogP contribution in [0, 0.1) is 17.8 Å². The molecule has 0 radical (unpaired) electrons. The number of fused-ring (bicyclic) bond motifs is 3. The molecule has 2 heterocycles. The zero-order valence-electron chi connectivity index (χ0n) is 24.9. The van der Waals surface area contributed by atoms with Gasteiger partial charge >= 0.3 is 6.18 Å². The molecule has 2 aromatic rings. The van der Waals surface area contributed by atoms with Gasteiger partial charge in [-0.25, -0.2) is 4.98 Å². The summed E-state index contributed by atoms with van der Waals surface area (Å²) >= 11 is 6.19. The van der Waals surface area contributed by atoms with E-state index in [0.717, 1.165) is 16.1 Å². The largest absolute Gasteiger partial charge is 0.507 e. The molecule has 2 amide bonds. The predicted octanol–water partition coefficient (Wildman–Crippen LogP) is 4.96. The summed E-state index contributed by atoms with van der Waals surface area (Å²) in [6.07, 6.45) is -1.85. The van der Waals surface area contributed by atoms with Crippen LogP contribution in [0.5, 0.6) is 17.2 Å². The number of amides is 2. The van der Waals surface area contributed by atoms with Gasteiger partial charge in [-0.1, -0.05) is 23.3 Å². The Morgan fingerprint density at radius 3 is 2.43 bits per heavy atom. The van der Waals surface area contributed by atoms with Crippen LogP contribution in [0.25, 0.3) is 0 Å². The highest BCUT2D eigenvalue weighted by Crippen LogP contribution is 2.58. The average Bonchev–Trinajstić information content (AvgIpc) is 3.27. The van der Waals surface area contributed by atoms with Crippen molar-refractivity contribution < 1.29 is 46.9 Å². The summed E-state index contributed by atoms with van der Waals surface area (Å²) in [6, 6.07) is 4.54. The van der Waals surface area contributed by atoms with Crippen molar-refractivity contribution in [1.82, 2.24) is 9.99 Å². The smallest absolute Gasteiger partial charge is 0.433 e. The minimum atomic E-state index is -4.81. The maximum atomic E-state index is 14.2. The number of hydrogen-bond donors (Lipinski definition) is 1. The van der Waals surface area contributed by atoms with E-state index in [-0.39, 0.29) is 57.4 Å². The van der Waals surface area contributed by atoms with Gasteiger partial charge in [0.05, 0.1) is 31.1 Å². The van der Waals surface area contributed by atoms with Crippen LogP contribution in [-0.2, 0) is 25.4 Å². The molecule has 0 bridgehead atoms. The fraction of sp³-hybridized carbons (Fsp3) is 0.344. The molecule has 1 N–H and O–H groups in total. The average molecular weight is 658 g/mol. The van der Waals surface area contributed by atoms with Gasteiger partial charge in [0.1, 0.15) is 22.9 Å². The summed E-state index contributed by atoms with van der Waals surface area (Å²) in [5, 5.41) is 12.7. The van der Waals surface area contributed by atoms with Crippen LogP contribution < -0.4 is 14.5 Å². The van der Waals surface area contributed by atoms with Crippen molar-refractivity contribution in [3.63, 3.8) is 0 Å². The maximum Gasteiger partial charge on any atom is 0.433 e. The van der Waals surface area contributed by atoms with Crippen LogP contribution in [0.3, 0.4) is 0 Å². The number of allylic oxidation sites excluding steroid dienone is 6. The molecule has 4 aliphatic rings. The van der Waals surface area contributed by atoms with E-state index in [9.17, 15) is 37.5 Å². The molecule has 0 saturated carbocycles. The number of methoxy groups -OCH3 is 2. The Labute approximate surface area is 265 Å². The number of phenols is 1. The monoisotopic (exact) mass is 657 g/mol. The molecule has 240 valence electrons. The summed E-state index contributed by atoms with van der Waals surface area (Å²) in [5.41, 5.74) is -0.0299. The summed E-state index contributed by atoms with van der Waals surface area (Å²) in [6.45, 7) is 1.52. The number of carbonyl (C=O) groups excluding carboxylic acids is 4. The standard InChI is InChI=1S/C32H27ClF3N3O7/c1-13-9-20(40)18-12-17-15(25(26(18)28(13)42)27-21(41)10-14(45-3)11-22(27)46-4)5-6-16-24(17)31(44)39(30(16)43)38(2)29-19(33)7-8-23(37-29)32(34,35)36/h5,7-11,16-17,24-25,41H,6,12H2,1-4H3. The number of benzene rings is 1. The van der Waals surface area contributed by atoms with E-state index < -0.39 is 64.7 Å². The summed E-state index contributed by atoms with van der Waals surface area (Å²) in [5.74, 6) is -6.27. The van der Waals surface area contributed by atoms with Crippen LogP contribution in [0.4, 0.5) is 19.0 Å². The molecule has 1 aromatic heterocycles. The van der Waals surface area contributed by atoms with E-state index >= 15 is 0 Å². The molecule has 14 heteroatoms. The zero-order valence-corrected chi connectivity index (χ0v) is 25.7. The van der Waals surface area contributed by atoms with Crippen LogP contribution >= 0.6 is 11.6 Å². The number of imide groups is 1. The van der Waals surface area contributed by atoms with E-state index in [4.69, 9.17) is 21.1 Å². The third kappa shape index (κ3) is 4.67. The molecule has 1 fully saturated rings. The van der Waals surface area contributed by atoms with Gasteiger partial charge < -0.3 is 14.6 Å². The Morgan fingerprint density at radius 2 is 1.78 bits per heavy atom. The first-order valence-corrected chi connectivity index (χ1v) is 14.6. The van der Waals surface area contributed by atoms with E-state index in [2.05, 4.69) is 4.98 Å². The number of aromatic nitrogens is 1. The number of rotatable bonds is 5. The Balaban J connectivity index is 1.47. The number of Topliss-reactive ketones (excluding diaryl/α,β-unsaturated/α-hetero) is 1. The lowest BCUT2D eigenvalue weighted by atomic mass is 9.59.